The summed E-state index contributed by atoms with van der Waals surface area (Å²) in [4.78, 5) is 32.8. The predicted molar refractivity (Wildman–Crippen MR) is 89.2 cm³/mol. The molecule has 0 bridgehead atoms. The third-order valence-electron chi connectivity index (χ3n) is 3.43. The summed E-state index contributed by atoms with van der Waals surface area (Å²) in [7, 11) is 0. The topological polar surface area (TPSA) is 52.6 Å². The van der Waals surface area contributed by atoms with Crippen LogP contribution in [0.1, 0.15) is 20.7 Å². The molecule has 0 radical (unpaired) electrons. The van der Waals surface area contributed by atoms with Crippen LogP contribution in [0.3, 0.4) is 0 Å². The molecule has 0 aromatic heterocycles. The molecule has 4 nitrogen and oxygen atoms in total. The molecule has 0 spiro atoms. The molecule has 0 atom stereocenters. The highest BCUT2D eigenvalue weighted by Gasteiger charge is 2.13. The second kappa shape index (κ2) is 7.24. The molecule has 118 valence electrons. The molecule has 0 amide bonds. The van der Waals surface area contributed by atoms with Crippen molar-refractivity contribution < 1.29 is 19.4 Å². The van der Waals surface area contributed by atoms with Crippen molar-refractivity contribution in [3.05, 3.63) is 96.1 Å². The van der Waals surface area contributed by atoms with Crippen LogP contribution in [-0.4, -0.2) is 11.9 Å². The van der Waals surface area contributed by atoms with Gasteiger partial charge in [0.15, 0.2) is 0 Å². The Morgan fingerprint density at radius 2 is 0.917 bits per heavy atom. The Balaban J connectivity index is 1.62. The van der Waals surface area contributed by atoms with Gasteiger partial charge in [-0.15, -0.1) is 0 Å². The van der Waals surface area contributed by atoms with Crippen molar-refractivity contribution in [1.29, 1.82) is 0 Å². The SMILES string of the molecule is O=C(OOC(=O)c1ccc(-c2ccccc2)cc1)c1ccccc1. The molecule has 0 aliphatic carbocycles. The van der Waals surface area contributed by atoms with E-state index >= 15 is 0 Å². The summed E-state index contributed by atoms with van der Waals surface area (Å²) in [5.74, 6) is -1.44. The molecule has 3 aromatic rings. The zero-order valence-corrected chi connectivity index (χ0v) is 12.7. The van der Waals surface area contributed by atoms with Crippen LogP contribution in [0.2, 0.25) is 0 Å². The molecule has 3 rings (SSSR count). The van der Waals surface area contributed by atoms with E-state index in [-0.39, 0.29) is 0 Å². The first-order valence-electron chi connectivity index (χ1n) is 7.38. The van der Waals surface area contributed by atoms with Crippen molar-refractivity contribution in [3.63, 3.8) is 0 Å². The molecule has 0 fully saturated rings. The number of hydrogen-bond donors (Lipinski definition) is 0. The van der Waals surface area contributed by atoms with Gasteiger partial charge in [0, 0.05) is 0 Å². The van der Waals surface area contributed by atoms with E-state index in [1.54, 1.807) is 42.5 Å². The molecule has 4 heteroatoms. The first-order chi connectivity index (χ1) is 11.7. The highest BCUT2D eigenvalue weighted by Crippen LogP contribution is 2.19. The van der Waals surface area contributed by atoms with Crippen LogP contribution in [0.25, 0.3) is 11.1 Å². The van der Waals surface area contributed by atoms with Gasteiger partial charge in [0.1, 0.15) is 0 Å². The molecular formula is C20H14O4. The maximum atomic E-state index is 11.9. The second-order valence-corrected chi connectivity index (χ2v) is 5.05. The second-order valence-electron chi connectivity index (χ2n) is 5.05. The lowest BCUT2D eigenvalue weighted by molar-refractivity contribution is -0.187. The average molecular weight is 318 g/mol. The van der Waals surface area contributed by atoms with Crippen LogP contribution in [-0.2, 0) is 9.78 Å². The Bertz CT molecular complexity index is 825. The Morgan fingerprint density at radius 1 is 0.500 bits per heavy atom. The van der Waals surface area contributed by atoms with Crippen molar-refractivity contribution in [3.8, 4) is 11.1 Å². The van der Waals surface area contributed by atoms with Crippen LogP contribution in [0.4, 0.5) is 0 Å². The van der Waals surface area contributed by atoms with Gasteiger partial charge in [-0.3, -0.25) is 0 Å². The largest absolute Gasteiger partial charge is 0.386 e. The molecular weight excluding hydrogens is 304 g/mol. The monoisotopic (exact) mass is 318 g/mol. The van der Waals surface area contributed by atoms with Crippen molar-refractivity contribution in [2.24, 2.45) is 0 Å². The average Bonchev–Trinajstić information content (AvgIpc) is 2.67. The fourth-order valence-electron chi connectivity index (χ4n) is 2.18. The lowest BCUT2D eigenvalue weighted by Crippen LogP contribution is -2.11. The van der Waals surface area contributed by atoms with Crippen molar-refractivity contribution in [2.75, 3.05) is 0 Å². The molecule has 3 aromatic carbocycles. The Morgan fingerprint density at radius 3 is 1.46 bits per heavy atom. The van der Waals surface area contributed by atoms with Gasteiger partial charge in [0.25, 0.3) is 0 Å². The molecule has 24 heavy (non-hydrogen) atoms. The molecule has 0 N–H and O–H groups in total. The van der Waals surface area contributed by atoms with Crippen LogP contribution < -0.4 is 0 Å². The van der Waals surface area contributed by atoms with E-state index in [0.717, 1.165) is 11.1 Å². The summed E-state index contributed by atoms with van der Waals surface area (Å²) in [5.41, 5.74) is 2.64. The smallest absolute Gasteiger partial charge is 0.242 e. The standard InChI is InChI=1S/C20H14O4/c21-19(17-9-5-2-6-10-17)23-24-20(22)18-13-11-16(12-14-18)15-7-3-1-4-8-15/h1-14H. The lowest BCUT2D eigenvalue weighted by atomic mass is 10.0. The summed E-state index contributed by atoms with van der Waals surface area (Å²) < 4.78 is 0. The fourth-order valence-corrected chi connectivity index (χ4v) is 2.18. The maximum absolute atomic E-state index is 11.9. The van der Waals surface area contributed by atoms with E-state index in [0.29, 0.717) is 11.1 Å². The van der Waals surface area contributed by atoms with Crippen LogP contribution in [0, 0.1) is 0 Å². The van der Waals surface area contributed by atoms with E-state index < -0.39 is 11.9 Å². The minimum Gasteiger partial charge on any atom is -0.242 e. The van der Waals surface area contributed by atoms with Gasteiger partial charge in [0.05, 0.1) is 11.1 Å². The summed E-state index contributed by atoms with van der Waals surface area (Å²) in [6.45, 7) is 0. The zero-order chi connectivity index (χ0) is 16.8. The number of carbonyl (C=O) groups excluding carboxylic acids is 2. The van der Waals surface area contributed by atoms with Crippen molar-refractivity contribution >= 4 is 11.9 Å². The van der Waals surface area contributed by atoms with Crippen LogP contribution >= 0.6 is 0 Å². The minimum absolute atomic E-state index is 0.301. The lowest BCUT2D eigenvalue weighted by Gasteiger charge is -2.05. The van der Waals surface area contributed by atoms with Gasteiger partial charge in [-0.25, -0.2) is 19.4 Å². The molecule has 0 aliphatic rings. The van der Waals surface area contributed by atoms with E-state index in [1.165, 1.54) is 0 Å². The zero-order valence-electron chi connectivity index (χ0n) is 12.7. The van der Waals surface area contributed by atoms with E-state index in [2.05, 4.69) is 9.78 Å². The van der Waals surface area contributed by atoms with Gasteiger partial charge in [0.2, 0.25) is 0 Å². The third kappa shape index (κ3) is 3.67. The van der Waals surface area contributed by atoms with E-state index in [9.17, 15) is 9.59 Å². The summed E-state index contributed by atoms with van der Waals surface area (Å²) in [6.07, 6.45) is 0. The Hall–Kier alpha value is -3.40. The Kier molecular flexibility index (Phi) is 4.68. The van der Waals surface area contributed by atoms with Crippen molar-refractivity contribution in [1.82, 2.24) is 0 Å². The van der Waals surface area contributed by atoms with E-state index in [4.69, 9.17) is 0 Å². The van der Waals surface area contributed by atoms with Gasteiger partial charge in [-0.05, 0) is 35.4 Å². The molecule has 0 heterocycles. The molecule has 0 saturated heterocycles. The molecule has 0 aliphatic heterocycles. The quantitative estimate of drug-likeness (QED) is 0.534. The van der Waals surface area contributed by atoms with E-state index in [1.807, 2.05) is 42.5 Å². The molecule has 0 saturated carbocycles. The molecule has 0 unspecified atom stereocenters. The Labute approximate surface area is 139 Å². The number of carbonyl (C=O) groups is 2. The summed E-state index contributed by atoms with van der Waals surface area (Å²) >= 11 is 0. The number of hydrogen-bond acceptors (Lipinski definition) is 4. The summed E-state index contributed by atoms with van der Waals surface area (Å²) in [5, 5.41) is 0. The summed E-state index contributed by atoms with van der Waals surface area (Å²) in [6, 6.07) is 25.0. The van der Waals surface area contributed by atoms with Crippen LogP contribution in [0.15, 0.2) is 84.9 Å². The number of rotatable bonds is 3. The normalized spacial score (nSPS) is 10.0. The highest BCUT2D eigenvalue weighted by molar-refractivity contribution is 5.92. The first-order valence-corrected chi connectivity index (χ1v) is 7.38. The number of benzene rings is 3. The van der Waals surface area contributed by atoms with Crippen LogP contribution in [0.5, 0.6) is 0 Å². The van der Waals surface area contributed by atoms with Gasteiger partial charge in [-0.1, -0.05) is 60.7 Å². The van der Waals surface area contributed by atoms with Gasteiger partial charge >= 0.3 is 11.9 Å². The predicted octanol–water partition coefficient (Wildman–Crippen LogP) is 4.28. The van der Waals surface area contributed by atoms with Gasteiger partial charge < -0.3 is 0 Å². The fraction of sp³-hybridized carbons (Fsp3) is 0. The highest BCUT2D eigenvalue weighted by atomic mass is 17.2. The maximum Gasteiger partial charge on any atom is 0.386 e. The first kappa shape index (κ1) is 15.5. The minimum atomic E-state index is -0.723. The van der Waals surface area contributed by atoms with Crippen molar-refractivity contribution in [2.45, 2.75) is 0 Å². The third-order valence-corrected chi connectivity index (χ3v) is 3.43. The van der Waals surface area contributed by atoms with Gasteiger partial charge in [-0.2, -0.15) is 0 Å².